The second kappa shape index (κ2) is 9.49. The van der Waals surface area contributed by atoms with Crippen LogP contribution in [0.1, 0.15) is 18.5 Å². The molecule has 25 heavy (non-hydrogen) atoms. The Morgan fingerprint density at radius 3 is 2.32 bits per heavy atom. The molecule has 0 saturated carbocycles. The van der Waals surface area contributed by atoms with Gasteiger partial charge in [0, 0.05) is 11.4 Å². The molecule has 0 aliphatic carbocycles. The van der Waals surface area contributed by atoms with Crippen LogP contribution in [0.3, 0.4) is 0 Å². The monoisotopic (exact) mass is 358 g/mol. The molecule has 0 fully saturated rings. The van der Waals surface area contributed by atoms with E-state index < -0.39 is 0 Å². The molecular weight excluding hydrogens is 332 g/mol. The van der Waals surface area contributed by atoms with Gasteiger partial charge in [-0.05, 0) is 50.8 Å². The van der Waals surface area contributed by atoms with E-state index in [1.54, 1.807) is 18.9 Å². The Balaban J connectivity index is 1.91. The molecular formula is C20H26N2O2S. The fourth-order valence-corrected chi connectivity index (χ4v) is 3.42. The summed E-state index contributed by atoms with van der Waals surface area (Å²) in [5.41, 5.74) is 1.20. The first-order valence-corrected chi connectivity index (χ1v) is 9.19. The van der Waals surface area contributed by atoms with Crippen molar-refractivity contribution in [2.45, 2.75) is 23.1 Å². The zero-order valence-corrected chi connectivity index (χ0v) is 16.0. The molecule has 134 valence electrons. The molecule has 0 saturated heterocycles. The van der Waals surface area contributed by atoms with E-state index in [1.165, 1.54) is 5.56 Å². The summed E-state index contributed by atoms with van der Waals surface area (Å²) in [7, 11) is 5.70. The van der Waals surface area contributed by atoms with Crippen molar-refractivity contribution in [2.75, 3.05) is 27.7 Å². The van der Waals surface area contributed by atoms with Crippen LogP contribution in [-0.4, -0.2) is 43.8 Å². The van der Waals surface area contributed by atoms with Crippen LogP contribution < -0.4 is 10.1 Å². The van der Waals surface area contributed by atoms with E-state index in [0.29, 0.717) is 6.54 Å². The Labute approximate surface area is 154 Å². The number of benzene rings is 2. The maximum Gasteiger partial charge on any atom is 0.233 e. The molecule has 4 nitrogen and oxygen atoms in total. The number of nitrogens with one attached hydrogen (secondary N) is 1. The van der Waals surface area contributed by atoms with Crippen LogP contribution in [0.2, 0.25) is 0 Å². The van der Waals surface area contributed by atoms with Gasteiger partial charge in [-0.25, -0.2) is 0 Å². The van der Waals surface area contributed by atoms with Gasteiger partial charge in [0.25, 0.3) is 0 Å². The van der Waals surface area contributed by atoms with Crippen LogP contribution in [0.25, 0.3) is 0 Å². The zero-order valence-electron chi connectivity index (χ0n) is 15.2. The highest BCUT2D eigenvalue weighted by Crippen LogP contribution is 2.25. The van der Waals surface area contributed by atoms with E-state index in [9.17, 15) is 4.79 Å². The van der Waals surface area contributed by atoms with E-state index in [2.05, 4.69) is 22.3 Å². The molecule has 1 N–H and O–H groups in total. The van der Waals surface area contributed by atoms with Crippen molar-refractivity contribution in [3.05, 3.63) is 60.2 Å². The van der Waals surface area contributed by atoms with Crippen LogP contribution in [0.15, 0.2) is 59.5 Å². The van der Waals surface area contributed by atoms with Gasteiger partial charge in [-0.15, -0.1) is 11.8 Å². The summed E-state index contributed by atoms with van der Waals surface area (Å²) in [4.78, 5) is 15.6. The summed E-state index contributed by atoms with van der Waals surface area (Å²) in [5.74, 6) is 0.863. The van der Waals surface area contributed by atoms with Gasteiger partial charge in [-0.2, -0.15) is 0 Å². The topological polar surface area (TPSA) is 41.6 Å². The maximum atomic E-state index is 12.5. The molecule has 2 atom stereocenters. The fraction of sp³-hybridized carbons (Fsp3) is 0.350. The van der Waals surface area contributed by atoms with Gasteiger partial charge in [-0.3, -0.25) is 4.79 Å². The van der Waals surface area contributed by atoms with Gasteiger partial charge < -0.3 is 15.0 Å². The lowest BCUT2D eigenvalue weighted by Crippen LogP contribution is -2.38. The Morgan fingerprint density at radius 2 is 1.76 bits per heavy atom. The largest absolute Gasteiger partial charge is 0.497 e. The first kappa shape index (κ1) is 19.3. The van der Waals surface area contributed by atoms with Gasteiger partial charge >= 0.3 is 0 Å². The number of nitrogens with zero attached hydrogens (tertiary/aromatic N) is 1. The second-order valence-corrected chi connectivity index (χ2v) is 7.49. The molecule has 5 heteroatoms. The van der Waals surface area contributed by atoms with Crippen molar-refractivity contribution in [2.24, 2.45) is 0 Å². The van der Waals surface area contributed by atoms with E-state index in [-0.39, 0.29) is 17.2 Å². The molecule has 0 heterocycles. The zero-order chi connectivity index (χ0) is 18.2. The molecule has 0 aliphatic rings. The minimum absolute atomic E-state index is 0.0450. The third kappa shape index (κ3) is 5.80. The lowest BCUT2D eigenvalue weighted by molar-refractivity contribution is -0.120. The molecule has 1 amide bonds. The predicted molar refractivity (Wildman–Crippen MR) is 104 cm³/mol. The molecule has 2 aromatic carbocycles. The van der Waals surface area contributed by atoms with Gasteiger partial charge in [0.05, 0.1) is 18.4 Å². The van der Waals surface area contributed by atoms with Gasteiger partial charge in [0.15, 0.2) is 0 Å². The number of carbonyl (C=O) groups excluding carboxylic acids is 1. The summed E-state index contributed by atoms with van der Waals surface area (Å²) in [6.45, 7) is 2.51. The van der Waals surface area contributed by atoms with Crippen LogP contribution in [-0.2, 0) is 4.79 Å². The third-order valence-corrected chi connectivity index (χ3v) is 5.13. The number of thioether (sulfide) groups is 1. The molecule has 2 aromatic rings. The lowest BCUT2D eigenvalue weighted by atomic mass is 10.1. The van der Waals surface area contributed by atoms with Crippen LogP contribution in [0.4, 0.5) is 0 Å². The fourth-order valence-electron chi connectivity index (χ4n) is 2.53. The number of hydrogen-bond donors (Lipinski definition) is 1. The highest BCUT2D eigenvalue weighted by atomic mass is 32.2. The van der Waals surface area contributed by atoms with Crippen molar-refractivity contribution in [1.29, 1.82) is 0 Å². The summed E-state index contributed by atoms with van der Waals surface area (Å²) < 4.78 is 5.16. The normalized spacial score (nSPS) is 13.3. The molecule has 0 aromatic heterocycles. The Morgan fingerprint density at radius 1 is 1.12 bits per heavy atom. The number of rotatable bonds is 8. The standard InChI is InChI=1S/C20H26N2O2S/c1-15(25-18-12-10-17(24-4)11-13-18)20(23)21-14-19(22(2)3)16-8-6-5-7-9-16/h5-13,15,19H,14H2,1-4H3,(H,21,23). The Bertz CT molecular complexity index is 659. The van der Waals surface area contributed by atoms with Crippen molar-refractivity contribution >= 4 is 17.7 Å². The number of hydrogen-bond acceptors (Lipinski definition) is 4. The summed E-state index contributed by atoms with van der Waals surface area (Å²) >= 11 is 1.55. The predicted octanol–water partition coefficient (Wildman–Crippen LogP) is 3.59. The second-order valence-electron chi connectivity index (χ2n) is 6.07. The quantitative estimate of drug-likeness (QED) is 0.732. The number of ether oxygens (including phenoxy) is 1. The maximum absolute atomic E-state index is 12.5. The summed E-state index contributed by atoms with van der Waals surface area (Å²) in [6, 6.07) is 18.1. The highest BCUT2D eigenvalue weighted by molar-refractivity contribution is 8.00. The number of likely N-dealkylation sites (N-methyl/N-ethyl adjacent to an activating group) is 1. The molecule has 0 bridgehead atoms. The van der Waals surface area contributed by atoms with Crippen LogP contribution >= 0.6 is 11.8 Å². The van der Waals surface area contributed by atoms with Crippen LogP contribution in [0.5, 0.6) is 5.75 Å². The van der Waals surface area contributed by atoms with Crippen LogP contribution in [0, 0.1) is 0 Å². The smallest absolute Gasteiger partial charge is 0.233 e. The Kier molecular flexibility index (Phi) is 7.34. The number of methoxy groups -OCH3 is 1. The lowest BCUT2D eigenvalue weighted by Gasteiger charge is -2.25. The summed E-state index contributed by atoms with van der Waals surface area (Å²) in [6.07, 6.45) is 0. The summed E-state index contributed by atoms with van der Waals surface area (Å²) in [5, 5.41) is 2.92. The molecule has 0 radical (unpaired) electrons. The Hall–Kier alpha value is -1.98. The van der Waals surface area contributed by atoms with E-state index in [1.807, 2.05) is 63.5 Å². The number of amides is 1. The first-order valence-electron chi connectivity index (χ1n) is 8.31. The van der Waals surface area contributed by atoms with Crippen molar-refractivity contribution in [3.8, 4) is 5.75 Å². The van der Waals surface area contributed by atoms with E-state index in [4.69, 9.17) is 4.74 Å². The SMILES string of the molecule is COc1ccc(SC(C)C(=O)NCC(c2ccccc2)N(C)C)cc1. The van der Waals surface area contributed by atoms with E-state index in [0.717, 1.165) is 10.6 Å². The van der Waals surface area contributed by atoms with Crippen molar-refractivity contribution < 1.29 is 9.53 Å². The molecule has 0 aliphatic heterocycles. The molecule has 2 unspecified atom stereocenters. The first-order chi connectivity index (χ1) is 12.0. The van der Waals surface area contributed by atoms with Gasteiger partial charge in [-0.1, -0.05) is 30.3 Å². The molecule has 2 rings (SSSR count). The highest BCUT2D eigenvalue weighted by Gasteiger charge is 2.18. The van der Waals surface area contributed by atoms with Gasteiger partial charge in [0.1, 0.15) is 5.75 Å². The van der Waals surface area contributed by atoms with Gasteiger partial charge in [0.2, 0.25) is 5.91 Å². The number of carbonyl (C=O) groups is 1. The average Bonchev–Trinajstić information content (AvgIpc) is 2.63. The third-order valence-electron chi connectivity index (χ3n) is 4.02. The van der Waals surface area contributed by atoms with Crippen molar-refractivity contribution in [3.63, 3.8) is 0 Å². The minimum atomic E-state index is -0.160. The van der Waals surface area contributed by atoms with E-state index >= 15 is 0 Å². The van der Waals surface area contributed by atoms with Crippen molar-refractivity contribution in [1.82, 2.24) is 10.2 Å². The molecule has 0 spiro atoms. The average molecular weight is 359 g/mol. The minimum Gasteiger partial charge on any atom is -0.497 e.